The number of likely N-dealkylation sites (tertiary alicyclic amines) is 1. The van der Waals surface area contributed by atoms with E-state index in [4.69, 9.17) is 4.74 Å². The third-order valence-corrected chi connectivity index (χ3v) is 5.60. The van der Waals surface area contributed by atoms with E-state index >= 15 is 0 Å². The van der Waals surface area contributed by atoms with Crippen LogP contribution in [-0.4, -0.2) is 65.0 Å². The molecule has 0 aromatic carbocycles. The first-order valence-corrected chi connectivity index (χ1v) is 10.1. The first-order chi connectivity index (χ1) is 11.6. The molecule has 24 heavy (non-hydrogen) atoms. The van der Waals surface area contributed by atoms with Gasteiger partial charge in [0.25, 0.3) is 0 Å². The first-order valence-electron chi connectivity index (χ1n) is 8.91. The summed E-state index contributed by atoms with van der Waals surface area (Å²) in [6.45, 7) is 5.28. The van der Waals surface area contributed by atoms with Gasteiger partial charge in [0, 0.05) is 25.3 Å². The van der Waals surface area contributed by atoms with Crippen LogP contribution >= 0.6 is 11.8 Å². The largest absolute Gasteiger partial charge is 0.466 e. The van der Waals surface area contributed by atoms with Crippen LogP contribution in [0.2, 0.25) is 0 Å². The highest BCUT2D eigenvalue weighted by Crippen LogP contribution is 2.26. The smallest absolute Gasteiger partial charge is 0.310 e. The maximum absolute atomic E-state index is 12.9. The Balaban J connectivity index is 1.96. The molecule has 2 aliphatic rings. The van der Waals surface area contributed by atoms with Gasteiger partial charge in [0.2, 0.25) is 11.8 Å². The van der Waals surface area contributed by atoms with Crippen molar-refractivity contribution in [1.29, 1.82) is 0 Å². The molecule has 0 spiro atoms. The van der Waals surface area contributed by atoms with Gasteiger partial charge in [0.1, 0.15) is 6.04 Å². The number of hydrogen-bond acceptors (Lipinski definition) is 5. The van der Waals surface area contributed by atoms with Gasteiger partial charge in [-0.15, -0.1) is 11.8 Å². The van der Waals surface area contributed by atoms with Gasteiger partial charge in [0.15, 0.2) is 0 Å². The number of hydrogen-bond donors (Lipinski definition) is 0. The van der Waals surface area contributed by atoms with Crippen molar-refractivity contribution in [3.05, 3.63) is 0 Å². The van der Waals surface area contributed by atoms with Crippen molar-refractivity contribution in [1.82, 2.24) is 9.80 Å². The summed E-state index contributed by atoms with van der Waals surface area (Å²) in [4.78, 5) is 40.6. The Morgan fingerprint density at radius 3 is 2.75 bits per heavy atom. The minimum Gasteiger partial charge on any atom is -0.466 e. The lowest BCUT2D eigenvalue weighted by molar-refractivity contribution is -0.153. The van der Waals surface area contributed by atoms with Crippen LogP contribution in [-0.2, 0) is 19.1 Å². The summed E-state index contributed by atoms with van der Waals surface area (Å²) in [7, 11) is 0. The monoisotopic (exact) mass is 356 g/mol. The molecule has 0 saturated carbocycles. The van der Waals surface area contributed by atoms with E-state index in [1.807, 2.05) is 0 Å². The summed E-state index contributed by atoms with van der Waals surface area (Å²) in [5.74, 6) is 0.844. The van der Waals surface area contributed by atoms with Crippen LogP contribution in [0.1, 0.15) is 46.0 Å². The number of piperidine rings is 1. The molecule has 2 amide bonds. The summed E-state index contributed by atoms with van der Waals surface area (Å²) in [6, 6.07) is -0.375. The standard InChI is InChI=1S/C17H28N2O4S/c1-3-5-8-15(20)19-12-24-11-14(19)16(21)18-9-6-7-13(10-18)17(22)23-4-2/h13-14H,3-12H2,1-2H3. The highest BCUT2D eigenvalue weighted by Gasteiger charge is 2.39. The lowest BCUT2D eigenvalue weighted by Crippen LogP contribution is -2.52. The molecule has 0 bridgehead atoms. The Morgan fingerprint density at radius 2 is 2.04 bits per heavy atom. The van der Waals surface area contributed by atoms with Crippen molar-refractivity contribution < 1.29 is 19.1 Å². The summed E-state index contributed by atoms with van der Waals surface area (Å²) < 4.78 is 5.09. The van der Waals surface area contributed by atoms with Gasteiger partial charge in [-0.2, -0.15) is 0 Å². The summed E-state index contributed by atoms with van der Waals surface area (Å²) in [5, 5.41) is 0. The summed E-state index contributed by atoms with van der Waals surface area (Å²) in [5.41, 5.74) is 0. The quantitative estimate of drug-likeness (QED) is 0.680. The van der Waals surface area contributed by atoms with E-state index < -0.39 is 0 Å². The highest BCUT2D eigenvalue weighted by molar-refractivity contribution is 7.99. The Hall–Kier alpha value is -1.24. The molecule has 2 heterocycles. The van der Waals surface area contributed by atoms with Crippen molar-refractivity contribution in [3.8, 4) is 0 Å². The zero-order valence-corrected chi connectivity index (χ0v) is 15.5. The van der Waals surface area contributed by atoms with Crippen LogP contribution in [0, 0.1) is 5.92 Å². The number of carbonyl (C=O) groups excluding carboxylic acids is 3. The van der Waals surface area contributed by atoms with E-state index in [-0.39, 0.29) is 29.7 Å². The fourth-order valence-corrected chi connectivity index (χ4v) is 4.38. The Morgan fingerprint density at radius 1 is 1.25 bits per heavy atom. The molecule has 136 valence electrons. The molecule has 0 aliphatic carbocycles. The molecule has 2 fully saturated rings. The number of ether oxygens (including phenoxy) is 1. The van der Waals surface area contributed by atoms with Crippen LogP contribution in [0.25, 0.3) is 0 Å². The van der Waals surface area contributed by atoms with Gasteiger partial charge in [-0.05, 0) is 26.2 Å². The van der Waals surface area contributed by atoms with Gasteiger partial charge in [-0.1, -0.05) is 13.3 Å². The minimum atomic E-state index is -0.375. The molecule has 2 rings (SSSR count). The molecule has 2 aliphatic heterocycles. The fraction of sp³-hybridized carbons (Fsp3) is 0.824. The second-order valence-electron chi connectivity index (χ2n) is 6.36. The predicted octanol–water partition coefficient (Wildman–Crippen LogP) is 1.88. The average molecular weight is 356 g/mol. The lowest BCUT2D eigenvalue weighted by atomic mass is 9.97. The van der Waals surface area contributed by atoms with Crippen molar-refractivity contribution in [2.24, 2.45) is 5.92 Å². The van der Waals surface area contributed by atoms with Gasteiger partial charge in [-0.25, -0.2) is 0 Å². The van der Waals surface area contributed by atoms with E-state index in [1.54, 1.807) is 28.5 Å². The van der Waals surface area contributed by atoms with Gasteiger partial charge in [0.05, 0.1) is 18.4 Å². The van der Waals surface area contributed by atoms with Gasteiger partial charge < -0.3 is 14.5 Å². The van der Waals surface area contributed by atoms with Crippen LogP contribution < -0.4 is 0 Å². The normalized spacial score (nSPS) is 24.1. The number of thioether (sulfide) groups is 1. The third kappa shape index (κ3) is 4.65. The summed E-state index contributed by atoms with van der Waals surface area (Å²) in [6.07, 6.45) is 3.90. The molecule has 0 aromatic rings. The number of esters is 1. The Bertz CT molecular complexity index is 472. The molecule has 2 unspecified atom stereocenters. The van der Waals surface area contributed by atoms with Crippen LogP contribution in [0.4, 0.5) is 0 Å². The molecule has 6 nitrogen and oxygen atoms in total. The van der Waals surface area contributed by atoms with Crippen molar-refractivity contribution in [2.75, 3.05) is 31.3 Å². The molecular formula is C17H28N2O4S. The van der Waals surface area contributed by atoms with Gasteiger partial charge in [-0.3, -0.25) is 14.4 Å². The SMILES string of the molecule is CCCCC(=O)N1CSCC1C(=O)N1CCCC(C(=O)OCC)C1. The molecule has 0 aromatic heterocycles. The molecule has 7 heteroatoms. The number of rotatable bonds is 6. The topological polar surface area (TPSA) is 66.9 Å². The van der Waals surface area contributed by atoms with Crippen LogP contribution in [0.5, 0.6) is 0 Å². The number of amides is 2. The molecular weight excluding hydrogens is 328 g/mol. The van der Waals surface area contributed by atoms with E-state index in [9.17, 15) is 14.4 Å². The van der Waals surface area contributed by atoms with Gasteiger partial charge >= 0.3 is 5.97 Å². The molecule has 2 saturated heterocycles. The highest BCUT2D eigenvalue weighted by atomic mass is 32.2. The van der Waals surface area contributed by atoms with E-state index in [2.05, 4.69) is 6.92 Å². The maximum Gasteiger partial charge on any atom is 0.310 e. The van der Waals surface area contributed by atoms with E-state index in [1.165, 1.54) is 0 Å². The van der Waals surface area contributed by atoms with Crippen molar-refractivity contribution in [3.63, 3.8) is 0 Å². The van der Waals surface area contributed by atoms with E-state index in [0.29, 0.717) is 37.7 Å². The number of nitrogens with zero attached hydrogens (tertiary/aromatic N) is 2. The molecule has 2 atom stereocenters. The first kappa shape index (κ1) is 19.1. The minimum absolute atomic E-state index is 0.0150. The van der Waals surface area contributed by atoms with Crippen molar-refractivity contribution >= 4 is 29.5 Å². The van der Waals surface area contributed by atoms with Crippen LogP contribution in [0.3, 0.4) is 0 Å². The zero-order chi connectivity index (χ0) is 17.5. The maximum atomic E-state index is 12.9. The Labute approximate surface area is 148 Å². The number of carbonyl (C=O) groups is 3. The fourth-order valence-electron chi connectivity index (χ4n) is 3.21. The average Bonchev–Trinajstić information content (AvgIpc) is 3.09. The second kappa shape index (κ2) is 9.30. The van der Waals surface area contributed by atoms with Crippen LogP contribution in [0.15, 0.2) is 0 Å². The number of unbranched alkanes of at least 4 members (excludes halogenated alkanes) is 1. The predicted molar refractivity (Wildman–Crippen MR) is 93.4 cm³/mol. The summed E-state index contributed by atoms with van der Waals surface area (Å²) >= 11 is 1.63. The Kier molecular flexibility index (Phi) is 7.40. The van der Waals surface area contributed by atoms with E-state index in [0.717, 1.165) is 25.7 Å². The zero-order valence-electron chi connectivity index (χ0n) is 14.7. The lowest BCUT2D eigenvalue weighted by Gasteiger charge is -2.35. The molecule has 0 N–H and O–H groups in total. The van der Waals surface area contributed by atoms with Crippen molar-refractivity contribution in [2.45, 2.75) is 52.0 Å². The molecule has 0 radical (unpaired) electrons. The third-order valence-electron chi connectivity index (χ3n) is 4.58. The second-order valence-corrected chi connectivity index (χ2v) is 7.36.